The molecule has 0 radical (unpaired) electrons. The number of nitrogens with zero attached hydrogens (tertiary/aromatic N) is 2. The van der Waals surface area contributed by atoms with Gasteiger partial charge in [-0.05, 0) is 19.8 Å². The fourth-order valence-electron chi connectivity index (χ4n) is 2.35. The normalized spacial score (nSPS) is 22.1. The van der Waals surface area contributed by atoms with Gasteiger partial charge in [-0.2, -0.15) is 0 Å². The van der Waals surface area contributed by atoms with Crippen molar-refractivity contribution >= 4 is 15.7 Å². The van der Waals surface area contributed by atoms with E-state index < -0.39 is 9.84 Å². The summed E-state index contributed by atoms with van der Waals surface area (Å²) in [5.74, 6) is 1.87. The van der Waals surface area contributed by atoms with Crippen LogP contribution in [0.2, 0.25) is 0 Å². The third-order valence-electron chi connectivity index (χ3n) is 3.43. The minimum absolute atomic E-state index is 0.0481. The highest BCUT2D eigenvalue weighted by atomic mass is 32.2. The van der Waals surface area contributed by atoms with E-state index in [0.29, 0.717) is 12.2 Å². The van der Waals surface area contributed by atoms with Crippen molar-refractivity contribution in [3.8, 4) is 0 Å². The van der Waals surface area contributed by atoms with Crippen molar-refractivity contribution in [2.24, 2.45) is 0 Å². The molecule has 1 atom stereocenters. The lowest BCUT2D eigenvalue weighted by molar-refractivity contribution is 0.601. The number of anilines is 1. The van der Waals surface area contributed by atoms with Crippen LogP contribution in [0.4, 0.5) is 5.82 Å². The van der Waals surface area contributed by atoms with Crippen LogP contribution in [0, 0.1) is 6.92 Å². The molecule has 1 fully saturated rings. The minimum atomic E-state index is -2.89. The minimum Gasteiger partial charge on any atom is -0.373 e. The van der Waals surface area contributed by atoms with Crippen LogP contribution in [-0.2, 0) is 16.3 Å². The zero-order valence-electron chi connectivity index (χ0n) is 11.0. The smallest absolute Gasteiger partial charge is 0.151 e. The van der Waals surface area contributed by atoms with Crippen molar-refractivity contribution in [1.29, 1.82) is 0 Å². The molecule has 1 aliphatic heterocycles. The number of aryl methyl sites for hydroxylation is 1. The van der Waals surface area contributed by atoms with Gasteiger partial charge in [-0.25, -0.2) is 18.4 Å². The molecular weight excluding hydrogens is 250 g/mol. The lowest BCUT2D eigenvalue weighted by atomic mass is 10.1. The SMILES string of the molecule is CCc1nc(C2CCS(=O)(=O)C2)nc(NC)c1C. The van der Waals surface area contributed by atoms with Gasteiger partial charge in [0.15, 0.2) is 9.84 Å². The Balaban J connectivity index is 2.40. The highest BCUT2D eigenvalue weighted by Crippen LogP contribution is 2.28. The van der Waals surface area contributed by atoms with Crippen LogP contribution in [0.3, 0.4) is 0 Å². The van der Waals surface area contributed by atoms with E-state index in [1.54, 1.807) is 0 Å². The number of rotatable bonds is 3. The summed E-state index contributed by atoms with van der Waals surface area (Å²) >= 11 is 0. The molecule has 1 N–H and O–H groups in total. The number of sulfone groups is 1. The Hall–Kier alpha value is -1.17. The summed E-state index contributed by atoms with van der Waals surface area (Å²) in [5, 5.41) is 3.05. The van der Waals surface area contributed by atoms with Gasteiger partial charge in [0.25, 0.3) is 0 Å². The quantitative estimate of drug-likeness (QED) is 0.895. The molecule has 100 valence electrons. The number of nitrogens with one attached hydrogen (secondary N) is 1. The summed E-state index contributed by atoms with van der Waals surface area (Å²) < 4.78 is 23.0. The first-order valence-electron chi connectivity index (χ1n) is 6.22. The topological polar surface area (TPSA) is 72.0 Å². The lowest BCUT2D eigenvalue weighted by Gasteiger charge is -2.13. The predicted molar refractivity (Wildman–Crippen MR) is 71.7 cm³/mol. The highest BCUT2D eigenvalue weighted by molar-refractivity contribution is 7.91. The standard InChI is InChI=1S/C12H19N3O2S/c1-4-10-8(2)11(13-3)15-12(14-10)9-5-6-18(16,17)7-9/h9H,4-7H2,1-3H3,(H,13,14,15). The zero-order valence-corrected chi connectivity index (χ0v) is 11.8. The average Bonchev–Trinajstić information content (AvgIpc) is 2.70. The van der Waals surface area contributed by atoms with Crippen molar-refractivity contribution in [3.05, 3.63) is 17.1 Å². The Labute approximate surface area is 108 Å². The van der Waals surface area contributed by atoms with Crippen molar-refractivity contribution in [2.45, 2.75) is 32.6 Å². The van der Waals surface area contributed by atoms with E-state index in [0.717, 1.165) is 23.5 Å². The predicted octanol–water partition coefficient (Wildman–Crippen LogP) is 1.29. The number of hydrogen-bond donors (Lipinski definition) is 1. The Morgan fingerprint density at radius 1 is 1.39 bits per heavy atom. The molecule has 1 aromatic heterocycles. The van der Waals surface area contributed by atoms with E-state index >= 15 is 0 Å². The molecule has 0 saturated carbocycles. The fraction of sp³-hybridized carbons (Fsp3) is 0.667. The van der Waals surface area contributed by atoms with Crippen LogP contribution < -0.4 is 5.32 Å². The van der Waals surface area contributed by atoms with Gasteiger partial charge in [-0.3, -0.25) is 0 Å². The van der Waals surface area contributed by atoms with Crippen LogP contribution in [0.1, 0.15) is 36.3 Å². The molecule has 0 aliphatic carbocycles. The molecular formula is C12H19N3O2S. The molecule has 1 saturated heterocycles. The van der Waals surface area contributed by atoms with E-state index in [1.807, 2.05) is 20.9 Å². The maximum absolute atomic E-state index is 11.5. The maximum atomic E-state index is 11.5. The van der Waals surface area contributed by atoms with Gasteiger partial charge in [-0.1, -0.05) is 6.92 Å². The largest absolute Gasteiger partial charge is 0.373 e. The molecule has 5 nitrogen and oxygen atoms in total. The molecule has 2 rings (SSSR count). The van der Waals surface area contributed by atoms with Gasteiger partial charge in [0, 0.05) is 24.2 Å². The molecule has 0 spiro atoms. The van der Waals surface area contributed by atoms with Gasteiger partial charge >= 0.3 is 0 Å². The number of aromatic nitrogens is 2. The third-order valence-corrected chi connectivity index (χ3v) is 5.20. The Kier molecular flexibility index (Phi) is 3.56. The third kappa shape index (κ3) is 2.48. The summed E-state index contributed by atoms with van der Waals surface area (Å²) in [4.78, 5) is 8.99. The summed E-state index contributed by atoms with van der Waals surface area (Å²) in [5.41, 5.74) is 2.04. The van der Waals surface area contributed by atoms with Gasteiger partial charge in [0.1, 0.15) is 11.6 Å². The second-order valence-electron chi connectivity index (χ2n) is 4.71. The first-order valence-corrected chi connectivity index (χ1v) is 8.04. The molecule has 18 heavy (non-hydrogen) atoms. The molecule has 6 heteroatoms. The second kappa shape index (κ2) is 4.84. The summed E-state index contributed by atoms with van der Waals surface area (Å²) in [6, 6.07) is 0. The van der Waals surface area contributed by atoms with Crippen LogP contribution >= 0.6 is 0 Å². The monoisotopic (exact) mass is 269 g/mol. The molecule has 2 heterocycles. The Morgan fingerprint density at radius 3 is 2.61 bits per heavy atom. The Morgan fingerprint density at radius 2 is 2.11 bits per heavy atom. The zero-order chi connectivity index (χ0) is 13.3. The molecule has 0 amide bonds. The van der Waals surface area contributed by atoms with E-state index in [9.17, 15) is 8.42 Å². The van der Waals surface area contributed by atoms with Crippen LogP contribution in [-0.4, -0.2) is 36.9 Å². The molecule has 0 aromatic carbocycles. The first kappa shape index (κ1) is 13.3. The second-order valence-corrected chi connectivity index (χ2v) is 6.93. The van der Waals surface area contributed by atoms with Crippen molar-refractivity contribution in [1.82, 2.24) is 9.97 Å². The molecule has 1 unspecified atom stereocenters. The van der Waals surface area contributed by atoms with E-state index in [1.165, 1.54) is 0 Å². The van der Waals surface area contributed by atoms with E-state index in [2.05, 4.69) is 15.3 Å². The number of hydrogen-bond acceptors (Lipinski definition) is 5. The van der Waals surface area contributed by atoms with Crippen LogP contribution in [0.25, 0.3) is 0 Å². The Bertz CT molecular complexity index is 529. The summed E-state index contributed by atoms with van der Waals surface area (Å²) in [6.07, 6.45) is 1.47. The fourth-order valence-corrected chi connectivity index (χ4v) is 4.09. The van der Waals surface area contributed by atoms with Gasteiger partial charge in [-0.15, -0.1) is 0 Å². The maximum Gasteiger partial charge on any atom is 0.151 e. The molecule has 1 aromatic rings. The van der Waals surface area contributed by atoms with Gasteiger partial charge in [0.05, 0.1) is 11.5 Å². The van der Waals surface area contributed by atoms with Crippen LogP contribution in [0.5, 0.6) is 0 Å². The average molecular weight is 269 g/mol. The molecule has 1 aliphatic rings. The van der Waals surface area contributed by atoms with Crippen molar-refractivity contribution in [2.75, 3.05) is 23.9 Å². The van der Waals surface area contributed by atoms with Gasteiger partial charge in [0.2, 0.25) is 0 Å². The first-order chi connectivity index (χ1) is 8.46. The lowest BCUT2D eigenvalue weighted by Crippen LogP contribution is -2.12. The summed E-state index contributed by atoms with van der Waals surface area (Å²) in [7, 11) is -1.07. The van der Waals surface area contributed by atoms with E-state index in [-0.39, 0.29) is 17.4 Å². The van der Waals surface area contributed by atoms with Crippen molar-refractivity contribution < 1.29 is 8.42 Å². The van der Waals surface area contributed by atoms with Crippen LogP contribution in [0.15, 0.2) is 0 Å². The van der Waals surface area contributed by atoms with E-state index in [4.69, 9.17) is 0 Å². The van der Waals surface area contributed by atoms with Gasteiger partial charge < -0.3 is 5.32 Å². The molecule has 0 bridgehead atoms. The van der Waals surface area contributed by atoms with Crippen molar-refractivity contribution in [3.63, 3.8) is 0 Å². The summed E-state index contributed by atoms with van der Waals surface area (Å²) in [6.45, 7) is 4.03. The highest BCUT2D eigenvalue weighted by Gasteiger charge is 2.31.